The quantitative estimate of drug-likeness (QED) is 0.478. The number of sulfonamides is 1. The zero-order valence-electron chi connectivity index (χ0n) is 19.0. The van der Waals surface area contributed by atoms with Crippen molar-refractivity contribution in [2.75, 3.05) is 24.2 Å². The molecule has 0 amide bonds. The van der Waals surface area contributed by atoms with Gasteiger partial charge < -0.3 is 9.42 Å². The molecule has 0 radical (unpaired) electrons. The third-order valence-electron chi connectivity index (χ3n) is 6.49. The summed E-state index contributed by atoms with van der Waals surface area (Å²) in [6, 6.07) is 5.36. The van der Waals surface area contributed by atoms with E-state index in [2.05, 4.69) is 20.1 Å². The maximum Gasteiger partial charge on any atom is 0.282 e. The van der Waals surface area contributed by atoms with Crippen LogP contribution in [0.15, 0.2) is 33.7 Å². The van der Waals surface area contributed by atoms with Crippen LogP contribution >= 0.6 is 0 Å². The summed E-state index contributed by atoms with van der Waals surface area (Å²) in [5.74, 6) is 0. The van der Waals surface area contributed by atoms with Gasteiger partial charge in [-0.1, -0.05) is 5.16 Å². The van der Waals surface area contributed by atoms with Gasteiger partial charge in [0.2, 0.25) is 10.0 Å². The van der Waals surface area contributed by atoms with Gasteiger partial charge in [-0.05, 0) is 50.5 Å². The summed E-state index contributed by atoms with van der Waals surface area (Å²) in [6.07, 6.45) is 0.585. The minimum absolute atomic E-state index is 0.0127. The number of fused-ring (bicyclic) bond motifs is 1. The molecule has 2 fully saturated rings. The van der Waals surface area contributed by atoms with Crippen molar-refractivity contribution in [3.8, 4) is 11.4 Å². The van der Waals surface area contributed by atoms with Crippen LogP contribution in [0.2, 0.25) is 0 Å². The molecule has 1 aromatic carbocycles. The average molecular weight is 527 g/mol. The molecule has 3 heterocycles. The van der Waals surface area contributed by atoms with Crippen molar-refractivity contribution >= 4 is 36.4 Å². The lowest BCUT2D eigenvalue weighted by Crippen LogP contribution is -2.34. The van der Waals surface area contributed by atoms with Crippen molar-refractivity contribution in [3.63, 3.8) is 0 Å². The van der Waals surface area contributed by atoms with E-state index in [4.69, 9.17) is 9.30 Å². The first-order chi connectivity index (χ1) is 16.4. The Morgan fingerprint density at radius 2 is 1.97 bits per heavy atom. The standard InChI is InChI=1S/C21H24F2N6O4S2/c1-21(6-7-21)28-35(31,32)13-9-14-18(15-3-4-16(20(22)23)26-25-15)27-33-19(14)17(10-13)29-8-5-12(11-29)34(2,24)30/h3-4,9-10,12,20,24,28H,5-8,11H2,1-2H3/t12-,34+/m1/s1. The number of rotatable bonds is 7. The van der Waals surface area contributed by atoms with E-state index in [1.807, 2.05) is 11.8 Å². The highest BCUT2D eigenvalue weighted by molar-refractivity contribution is 7.92. The molecule has 3 aromatic rings. The lowest BCUT2D eigenvalue weighted by Gasteiger charge is -2.20. The molecule has 35 heavy (non-hydrogen) atoms. The van der Waals surface area contributed by atoms with Gasteiger partial charge in [0.15, 0.2) is 5.58 Å². The summed E-state index contributed by atoms with van der Waals surface area (Å²) in [5, 5.41) is 11.4. The number of nitrogens with one attached hydrogen (secondary N) is 2. The van der Waals surface area contributed by atoms with Gasteiger partial charge in [0, 0.05) is 34.6 Å². The largest absolute Gasteiger partial charge is 0.367 e. The van der Waals surface area contributed by atoms with Crippen molar-refractivity contribution in [1.29, 1.82) is 4.78 Å². The van der Waals surface area contributed by atoms with Crippen LogP contribution in [0.5, 0.6) is 0 Å². The van der Waals surface area contributed by atoms with E-state index in [1.54, 1.807) is 0 Å². The number of nitrogens with zero attached hydrogens (tertiary/aromatic N) is 4. The minimum atomic E-state index is -3.91. The van der Waals surface area contributed by atoms with Gasteiger partial charge in [-0.15, -0.1) is 10.2 Å². The predicted octanol–water partition coefficient (Wildman–Crippen LogP) is 3.31. The van der Waals surface area contributed by atoms with E-state index >= 15 is 0 Å². The molecule has 0 spiro atoms. The number of alkyl halides is 2. The van der Waals surface area contributed by atoms with Crippen LogP contribution in [0.1, 0.15) is 38.3 Å². The number of halogens is 2. The van der Waals surface area contributed by atoms with Gasteiger partial charge in [-0.25, -0.2) is 26.1 Å². The molecule has 5 rings (SSSR count). The Morgan fingerprint density at radius 1 is 1.23 bits per heavy atom. The van der Waals surface area contributed by atoms with Crippen LogP contribution in [0.4, 0.5) is 14.5 Å². The van der Waals surface area contributed by atoms with Gasteiger partial charge >= 0.3 is 0 Å². The van der Waals surface area contributed by atoms with Gasteiger partial charge in [0.05, 0.1) is 21.2 Å². The lowest BCUT2D eigenvalue weighted by atomic mass is 10.1. The first-order valence-corrected chi connectivity index (χ1v) is 14.4. The summed E-state index contributed by atoms with van der Waals surface area (Å²) in [6.45, 7) is 2.57. The smallest absolute Gasteiger partial charge is 0.282 e. The molecule has 1 saturated carbocycles. The van der Waals surface area contributed by atoms with E-state index in [9.17, 15) is 21.4 Å². The normalized spacial score (nSPS) is 21.5. The SMILES string of the molecule is CC1(NS(=O)(=O)c2cc(N3CC[C@@H]([S@@](C)(=N)=O)C3)c3onc(-c4ccc(C(F)F)nn4)c3c2)CC1. The highest BCUT2D eigenvalue weighted by Crippen LogP contribution is 2.40. The molecule has 10 nitrogen and oxygen atoms in total. The molecule has 2 N–H and O–H groups in total. The van der Waals surface area contributed by atoms with Crippen LogP contribution in [0.3, 0.4) is 0 Å². The Balaban J connectivity index is 1.64. The number of hydrogen-bond donors (Lipinski definition) is 2. The molecule has 2 aromatic heterocycles. The Bertz CT molecular complexity index is 1500. The number of hydrogen-bond acceptors (Lipinski definition) is 9. The molecule has 1 saturated heterocycles. The Morgan fingerprint density at radius 3 is 2.54 bits per heavy atom. The van der Waals surface area contributed by atoms with Crippen LogP contribution < -0.4 is 9.62 Å². The summed E-state index contributed by atoms with van der Waals surface area (Å²) in [5.41, 5.74) is 0.0433. The summed E-state index contributed by atoms with van der Waals surface area (Å²) >= 11 is 0. The average Bonchev–Trinajstić information content (AvgIpc) is 3.19. The predicted molar refractivity (Wildman–Crippen MR) is 125 cm³/mol. The second kappa shape index (κ2) is 8.17. The topological polar surface area (TPSA) is 142 Å². The van der Waals surface area contributed by atoms with Crippen LogP contribution in [0.25, 0.3) is 22.4 Å². The van der Waals surface area contributed by atoms with Gasteiger partial charge in [-0.3, -0.25) is 4.78 Å². The van der Waals surface area contributed by atoms with E-state index in [-0.39, 0.29) is 27.1 Å². The zero-order valence-corrected chi connectivity index (χ0v) is 20.6. The molecular formula is C21H24F2N6O4S2. The summed E-state index contributed by atoms with van der Waals surface area (Å²) < 4.78 is 80.9. The monoisotopic (exact) mass is 526 g/mol. The van der Waals surface area contributed by atoms with Gasteiger partial charge in [0.1, 0.15) is 17.1 Å². The Hall–Kier alpha value is -2.71. The number of aromatic nitrogens is 3. The third kappa shape index (κ3) is 4.61. The Labute approximate surface area is 201 Å². The molecular weight excluding hydrogens is 502 g/mol. The fourth-order valence-corrected chi connectivity index (χ4v) is 6.68. The molecule has 0 bridgehead atoms. The van der Waals surface area contributed by atoms with E-state index in [0.29, 0.717) is 30.6 Å². The van der Waals surface area contributed by atoms with Crippen LogP contribution in [0, 0.1) is 4.78 Å². The number of benzene rings is 1. The maximum atomic E-state index is 13.2. The van der Waals surface area contributed by atoms with Gasteiger partial charge in [0.25, 0.3) is 6.43 Å². The van der Waals surface area contributed by atoms with Crippen molar-refractivity contribution in [3.05, 3.63) is 30.0 Å². The highest BCUT2D eigenvalue weighted by atomic mass is 32.2. The maximum absolute atomic E-state index is 13.2. The molecule has 2 atom stereocenters. The molecule has 2 aliphatic rings. The zero-order chi connectivity index (χ0) is 25.2. The fraction of sp³-hybridized carbons (Fsp3) is 0.476. The van der Waals surface area contributed by atoms with Crippen molar-refractivity contribution < 1.29 is 25.9 Å². The first-order valence-electron chi connectivity index (χ1n) is 10.9. The third-order valence-corrected chi connectivity index (χ3v) is 9.77. The number of anilines is 1. The second-order valence-electron chi connectivity index (χ2n) is 9.42. The lowest BCUT2D eigenvalue weighted by molar-refractivity contribution is 0.145. The van der Waals surface area contributed by atoms with Crippen molar-refractivity contribution in [2.45, 2.75) is 48.3 Å². The highest BCUT2D eigenvalue weighted by Gasteiger charge is 2.42. The van der Waals surface area contributed by atoms with Crippen molar-refractivity contribution in [1.82, 2.24) is 20.1 Å². The molecule has 188 valence electrons. The van der Waals surface area contributed by atoms with Crippen LogP contribution in [-0.2, 0) is 19.8 Å². The molecule has 0 unspecified atom stereocenters. The molecule has 14 heteroatoms. The molecule has 1 aliphatic heterocycles. The Kier molecular flexibility index (Phi) is 5.60. The first kappa shape index (κ1) is 24.0. The summed E-state index contributed by atoms with van der Waals surface area (Å²) in [4.78, 5) is 1.82. The minimum Gasteiger partial charge on any atom is -0.367 e. The van der Waals surface area contributed by atoms with E-state index in [1.165, 1.54) is 24.5 Å². The van der Waals surface area contributed by atoms with Gasteiger partial charge in [-0.2, -0.15) is 0 Å². The second-order valence-corrected chi connectivity index (χ2v) is 13.6. The summed E-state index contributed by atoms with van der Waals surface area (Å²) in [7, 11) is -6.71. The van der Waals surface area contributed by atoms with Crippen LogP contribution in [-0.4, -0.2) is 58.1 Å². The van der Waals surface area contributed by atoms with E-state index in [0.717, 1.165) is 18.9 Å². The fourth-order valence-electron chi connectivity index (χ4n) is 4.15. The van der Waals surface area contributed by atoms with Crippen molar-refractivity contribution in [2.24, 2.45) is 0 Å². The molecule has 1 aliphatic carbocycles. The van der Waals surface area contributed by atoms with E-state index < -0.39 is 37.4 Å².